The Morgan fingerprint density at radius 1 is 1.16 bits per heavy atom. The Morgan fingerprint density at radius 3 is 2.72 bits per heavy atom. The molecule has 140 valence electrons. The molecule has 0 atom stereocenters. The maximum Gasteiger partial charge on any atom is 0.265 e. The summed E-state index contributed by atoms with van der Waals surface area (Å²) in [5.41, 5.74) is 6.24. The molecule has 2 amide bonds. The number of nitrogens with one attached hydrogen (secondary N) is 1. The quantitative estimate of drug-likeness (QED) is 0.619. The molecule has 25 heavy (non-hydrogen) atoms. The highest BCUT2D eigenvalue weighted by molar-refractivity contribution is 5.97. The van der Waals surface area contributed by atoms with E-state index in [0.717, 1.165) is 50.1 Å². The second-order valence-corrected chi connectivity index (χ2v) is 5.96. The lowest BCUT2D eigenvalue weighted by Gasteiger charge is -2.29. The number of fused-ring (bicyclic) bond motifs is 1. The maximum absolute atomic E-state index is 12.0. The summed E-state index contributed by atoms with van der Waals surface area (Å²) >= 11 is 0. The molecule has 1 heterocycles. The SMILES string of the molecule is Cl.NCCCCCCC(=O)NCCCN1C(=O)COc2ccccc21. The summed E-state index contributed by atoms with van der Waals surface area (Å²) < 4.78 is 5.41. The van der Waals surface area contributed by atoms with Crippen LogP contribution in [0.2, 0.25) is 0 Å². The van der Waals surface area contributed by atoms with Crippen LogP contribution in [0.3, 0.4) is 0 Å². The zero-order valence-electron chi connectivity index (χ0n) is 14.5. The predicted octanol–water partition coefficient (Wildman–Crippen LogP) is 2.25. The van der Waals surface area contributed by atoms with Gasteiger partial charge in [0.15, 0.2) is 6.61 Å². The first-order chi connectivity index (χ1) is 11.7. The van der Waals surface area contributed by atoms with Crippen molar-refractivity contribution in [2.45, 2.75) is 38.5 Å². The number of ether oxygens (including phenoxy) is 1. The number of nitrogens with two attached hydrogens (primary N) is 1. The fourth-order valence-corrected chi connectivity index (χ4v) is 2.74. The number of rotatable bonds is 10. The number of carbonyl (C=O) groups excluding carboxylic acids is 2. The number of anilines is 1. The van der Waals surface area contributed by atoms with E-state index in [1.807, 2.05) is 24.3 Å². The fraction of sp³-hybridized carbons (Fsp3) is 0.556. The zero-order valence-corrected chi connectivity index (χ0v) is 15.4. The third-order valence-corrected chi connectivity index (χ3v) is 4.05. The number of para-hydroxylation sites is 2. The second-order valence-electron chi connectivity index (χ2n) is 5.96. The van der Waals surface area contributed by atoms with Crippen molar-refractivity contribution in [1.82, 2.24) is 5.32 Å². The first-order valence-corrected chi connectivity index (χ1v) is 8.71. The van der Waals surface area contributed by atoms with Gasteiger partial charge in [0.05, 0.1) is 5.69 Å². The van der Waals surface area contributed by atoms with Gasteiger partial charge in [-0.2, -0.15) is 0 Å². The number of carbonyl (C=O) groups is 2. The van der Waals surface area contributed by atoms with Gasteiger partial charge in [-0.15, -0.1) is 12.4 Å². The largest absolute Gasteiger partial charge is 0.482 e. The van der Waals surface area contributed by atoms with Gasteiger partial charge in [-0.25, -0.2) is 0 Å². The molecule has 0 saturated heterocycles. The average Bonchev–Trinajstić information content (AvgIpc) is 2.60. The highest BCUT2D eigenvalue weighted by atomic mass is 35.5. The number of halogens is 1. The molecule has 0 aromatic heterocycles. The third-order valence-electron chi connectivity index (χ3n) is 4.05. The number of unbranched alkanes of at least 4 members (excludes halogenated alkanes) is 3. The van der Waals surface area contributed by atoms with E-state index in [0.29, 0.717) is 19.5 Å². The minimum Gasteiger partial charge on any atom is -0.482 e. The fourth-order valence-electron chi connectivity index (χ4n) is 2.74. The summed E-state index contributed by atoms with van der Waals surface area (Å²) in [5.74, 6) is 0.773. The van der Waals surface area contributed by atoms with E-state index in [1.54, 1.807) is 4.90 Å². The van der Waals surface area contributed by atoms with Crippen molar-refractivity contribution in [2.75, 3.05) is 31.1 Å². The first kappa shape index (κ1) is 21.3. The maximum atomic E-state index is 12.0. The summed E-state index contributed by atoms with van der Waals surface area (Å²) in [6.45, 7) is 1.95. The lowest BCUT2D eigenvalue weighted by atomic mass is 10.1. The lowest BCUT2D eigenvalue weighted by Crippen LogP contribution is -2.40. The van der Waals surface area contributed by atoms with Gasteiger partial charge in [-0.05, 0) is 37.9 Å². The van der Waals surface area contributed by atoms with E-state index in [-0.39, 0.29) is 30.8 Å². The van der Waals surface area contributed by atoms with E-state index >= 15 is 0 Å². The molecule has 6 nitrogen and oxygen atoms in total. The van der Waals surface area contributed by atoms with Crippen LogP contribution in [0.5, 0.6) is 5.75 Å². The van der Waals surface area contributed by atoms with Crippen LogP contribution in [0.25, 0.3) is 0 Å². The molecule has 1 aromatic rings. The molecule has 7 heteroatoms. The number of nitrogens with zero attached hydrogens (tertiary/aromatic N) is 1. The molecular formula is C18H28ClN3O3. The van der Waals surface area contributed by atoms with Gasteiger partial charge < -0.3 is 20.7 Å². The van der Waals surface area contributed by atoms with Gasteiger partial charge in [0.25, 0.3) is 5.91 Å². The van der Waals surface area contributed by atoms with Crippen LogP contribution < -0.4 is 20.7 Å². The molecule has 0 unspecified atom stereocenters. The van der Waals surface area contributed by atoms with Crippen LogP contribution in [0, 0.1) is 0 Å². The van der Waals surface area contributed by atoms with E-state index < -0.39 is 0 Å². The molecule has 0 fully saturated rings. The Labute approximate surface area is 155 Å². The standard InChI is InChI=1S/C18H27N3O3.ClH/c19-11-6-2-1-3-10-17(22)20-12-7-13-21-15-8-4-5-9-16(15)24-14-18(21)23;/h4-5,8-9H,1-3,6-7,10-14,19H2,(H,20,22);1H. The Bertz CT molecular complexity index is 554. The Morgan fingerprint density at radius 2 is 1.92 bits per heavy atom. The number of amides is 2. The van der Waals surface area contributed by atoms with Gasteiger partial charge in [0.1, 0.15) is 5.75 Å². The van der Waals surface area contributed by atoms with Gasteiger partial charge in [-0.3, -0.25) is 9.59 Å². The van der Waals surface area contributed by atoms with Crippen molar-refractivity contribution in [3.63, 3.8) is 0 Å². The second kappa shape index (κ2) is 11.7. The smallest absolute Gasteiger partial charge is 0.265 e. The molecule has 1 aliphatic heterocycles. The summed E-state index contributed by atoms with van der Waals surface area (Å²) in [5, 5.41) is 2.92. The van der Waals surface area contributed by atoms with Crippen molar-refractivity contribution in [3.05, 3.63) is 24.3 Å². The lowest BCUT2D eigenvalue weighted by molar-refractivity contribution is -0.121. The summed E-state index contributed by atoms with van der Waals surface area (Å²) in [6, 6.07) is 7.52. The van der Waals surface area contributed by atoms with Gasteiger partial charge in [-0.1, -0.05) is 25.0 Å². The Balaban J connectivity index is 0.00000312. The van der Waals surface area contributed by atoms with Crippen LogP contribution in [0.4, 0.5) is 5.69 Å². The highest BCUT2D eigenvalue weighted by Gasteiger charge is 2.24. The van der Waals surface area contributed by atoms with Gasteiger partial charge >= 0.3 is 0 Å². The van der Waals surface area contributed by atoms with Gasteiger partial charge in [0, 0.05) is 19.5 Å². The average molecular weight is 370 g/mol. The van der Waals surface area contributed by atoms with Crippen LogP contribution >= 0.6 is 12.4 Å². The Hall–Kier alpha value is -1.79. The molecule has 0 aliphatic carbocycles. The topological polar surface area (TPSA) is 84.7 Å². The van der Waals surface area contributed by atoms with Crippen LogP contribution in [0.1, 0.15) is 38.5 Å². The molecule has 0 radical (unpaired) electrons. The van der Waals surface area contributed by atoms with Crippen LogP contribution in [0.15, 0.2) is 24.3 Å². The summed E-state index contributed by atoms with van der Waals surface area (Å²) in [6.07, 6.45) is 5.34. The summed E-state index contributed by atoms with van der Waals surface area (Å²) in [4.78, 5) is 25.5. The van der Waals surface area contributed by atoms with E-state index in [4.69, 9.17) is 10.5 Å². The third kappa shape index (κ3) is 6.92. The van der Waals surface area contributed by atoms with Crippen molar-refractivity contribution in [1.29, 1.82) is 0 Å². The van der Waals surface area contributed by atoms with E-state index in [9.17, 15) is 9.59 Å². The van der Waals surface area contributed by atoms with E-state index in [1.165, 1.54) is 0 Å². The monoisotopic (exact) mass is 369 g/mol. The minimum atomic E-state index is -0.0417. The molecular weight excluding hydrogens is 342 g/mol. The normalized spacial score (nSPS) is 12.8. The Kier molecular flexibility index (Phi) is 9.96. The van der Waals surface area contributed by atoms with Crippen molar-refractivity contribution >= 4 is 29.9 Å². The molecule has 3 N–H and O–H groups in total. The molecule has 0 bridgehead atoms. The molecule has 1 aromatic carbocycles. The number of hydrogen-bond donors (Lipinski definition) is 2. The van der Waals surface area contributed by atoms with Gasteiger partial charge in [0.2, 0.25) is 5.91 Å². The number of hydrogen-bond acceptors (Lipinski definition) is 4. The van der Waals surface area contributed by atoms with Crippen molar-refractivity contribution in [2.24, 2.45) is 5.73 Å². The van der Waals surface area contributed by atoms with Crippen molar-refractivity contribution in [3.8, 4) is 5.75 Å². The molecule has 0 spiro atoms. The predicted molar refractivity (Wildman–Crippen MR) is 101 cm³/mol. The summed E-state index contributed by atoms with van der Waals surface area (Å²) in [7, 11) is 0. The molecule has 1 aliphatic rings. The highest BCUT2D eigenvalue weighted by Crippen LogP contribution is 2.31. The zero-order chi connectivity index (χ0) is 17.2. The van der Waals surface area contributed by atoms with Crippen LogP contribution in [-0.4, -0.2) is 38.1 Å². The molecule has 0 saturated carbocycles. The van der Waals surface area contributed by atoms with Crippen LogP contribution in [-0.2, 0) is 9.59 Å². The van der Waals surface area contributed by atoms with E-state index in [2.05, 4.69) is 5.32 Å². The first-order valence-electron chi connectivity index (χ1n) is 8.71. The molecule has 2 rings (SSSR count). The number of benzene rings is 1. The minimum absolute atomic E-state index is 0. The van der Waals surface area contributed by atoms with Crippen molar-refractivity contribution < 1.29 is 14.3 Å².